The first-order valence-corrected chi connectivity index (χ1v) is 7.91. The number of carbonyl (C=O) groups is 2. The van der Waals surface area contributed by atoms with Gasteiger partial charge in [0.05, 0.1) is 12.5 Å². The van der Waals surface area contributed by atoms with Crippen LogP contribution in [-0.2, 0) is 14.3 Å². The normalized spacial score (nSPS) is 21.5. The van der Waals surface area contributed by atoms with Crippen LogP contribution in [0.15, 0.2) is 12.7 Å². The fourth-order valence-corrected chi connectivity index (χ4v) is 2.80. The van der Waals surface area contributed by atoms with Gasteiger partial charge in [-0.25, -0.2) is 4.79 Å². The van der Waals surface area contributed by atoms with E-state index in [4.69, 9.17) is 9.47 Å². The third-order valence-corrected chi connectivity index (χ3v) is 3.94. The summed E-state index contributed by atoms with van der Waals surface area (Å²) in [4.78, 5) is 26.0. The van der Waals surface area contributed by atoms with E-state index in [0.29, 0.717) is 19.5 Å². The summed E-state index contributed by atoms with van der Waals surface area (Å²) in [6.07, 6.45) is 5.74. The summed E-state index contributed by atoms with van der Waals surface area (Å²) in [7, 11) is 1.41. The fraction of sp³-hybridized carbons (Fsp3) is 0.765. The summed E-state index contributed by atoms with van der Waals surface area (Å²) in [5, 5.41) is 0. The predicted molar refractivity (Wildman–Crippen MR) is 85.5 cm³/mol. The Balaban J connectivity index is 2.69. The van der Waals surface area contributed by atoms with E-state index in [-0.39, 0.29) is 12.1 Å². The summed E-state index contributed by atoms with van der Waals surface area (Å²) < 4.78 is 10.4. The molecule has 1 aliphatic heterocycles. The van der Waals surface area contributed by atoms with E-state index in [9.17, 15) is 9.59 Å². The van der Waals surface area contributed by atoms with Crippen LogP contribution in [-0.4, -0.2) is 42.8 Å². The molecule has 1 rings (SSSR count). The van der Waals surface area contributed by atoms with Gasteiger partial charge >= 0.3 is 12.1 Å². The van der Waals surface area contributed by atoms with E-state index in [0.717, 1.165) is 25.7 Å². The average molecular weight is 311 g/mol. The van der Waals surface area contributed by atoms with Gasteiger partial charge in [-0.2, -0.15) is 0 Å². The number of rotatable bonds is 6. The molecule has 1 amide bonds. The Hall–Kier alpha value is -1.52. The number of allylic oxidation sites excluding steroid dienone is 1. The number of ether oxygens (including phenoxy) is 2. The molecule has 0 saturated carbocycles. The highest BCUT2D eigenvalue weighted by Crippen LogP contribution is 2.37. The second kappa shape index (κ2) is 7.65. The van der Waals surface area contributed by atoms with Crippen LogP contribution in [0.4, 0.5) is 4.79 Å². The highest BCUT2D eigenvalue weighted by Gasteiger charge is 2.47. The quantitative estimate of drug-likeness (QED) is 0.428. The first-order valence-electron chi connectivity index (χ1n) is 7.91. The van der Waals surface area contributed by atoms with Crippen molar-refractivity contribution in [2.75, 3.05) is 20.2 Å². The van der Waals surface area contributed by atoms with E-state index in [2.05, 4.69) is 6.58 Å². The van der Waals surface area contributed by atoms with Crippen molar-refractivity contribution in [3.8, 4) is 0 Å². The molecule has 22 heavy (non-hydrogen) atoms. The van der Waals surface area contributed by atoms with Crippen molar-refractivity contribution < 1.29 is 19.1 Å². The minimum atomic E-state index is -0.590. The second-order valence-electron chi connectivity index (χ2n) is 6.96. The smallest absolute Gasteiger partial charge is 0.410 e. The van der Waals surface area contributed by atoms with E-state index < -0.39 is 11.0 Å². The molecule has 0 bridgehead atoms. The van der Waals surface area contributed by atoms with Crippen molar-refractivity contribution in [1.29, 1.82) is 0 Å². The highest BCUT2D eigenvalue weighted by atomic mass is 16.6. The summed E-state index contributed by atoms with van der Waals surface area (Å²) in [5.74, 6) is -0.225. The van der Waals surface area contributed by atoms with Gasteiger partial charge in [-0.05, 0) is 46.5 Å². The number of unbranched alkanes of at least 4 members (excludes halogenated alkanes) is 2. The molecule has 5 nitrogen and oxygen atoms in total. The molecule has 0 aromatic rings. The molecule has 0 radical (unpaired) electrons. The Labute approximate surface area is 133 Å². The van der Waals surface area contributed by atoms with Crippen molar-refractivity contribution in [3.05, 3.63) is 12.7 Å². The zero-order chi connectivity index (χ0) is 16.8. The van der Waals surface area contributed by atoms with Gasteiger partial charge in [-0.3, -0.25) is 4.79 Å². The topological polar surface area (TPSA) is 55.8 Å². The molecule has 1 saturated heterocycles. The molecule has 0 aromatic heterocycles. The molecule has 5 heteroatoms. The molecular weight excluding hydrogens is 282 g/mol. The molecule has 1 aliphatic rings. The van der Waals surface area contributed by atoms with Gasteiger partial charge < -0.3 is 14.4 Å². The van der Waals surface area contributed by atoms with Crippen LogP contribution in [0.5, 0.6) is 0 Å². The first kappa shape index (κ1) is 18.5. The van der Waals surface area contributed by atoms with Crippen molar-refractivity contribution in [2.45, 2.75) is 58.5 Å². The predicted octanol–water partition coefficient (Wildman–Crippen LogP) is 3.53. The number of carbonyl (C=O) groups excluding carboxylic acids is 2. The maximum absolute atomic E-state index is 12.2. The molecule has 0 aliphatic carbocycles. The Bertz CT molecular complexity index is 413. The molecule has 1 atom stereocenters. The standard InChI is InChI=1S/C17H29NO4/c1-6-7-8-9-10-17(14(19)21-5)11-12-18(13-17)15(20)22-16(2,3)4/h6H,1,7-13H2,2-5H3. The average Bonchev–Trinajstić information content (AvgIpc) is 2.87. The highest BCUT2D eigenvalue weighted by molar-refractivity contribution is 5.79. The van der Waals surface area contributed by atoms with Gasteiger partial charge in [0.2, 0.25) is 0 Å². The van der Waals surface area contributed by atoms with Gasteiger partial charge in [-0.15, -0.1) is 6.58 Å². The number of esters is 1. The fourth-order valence-electron chi connectivity index (χ4n) is 2.80. The summed E-state index contributed by atoms with van der Waals surface area (Å²) in [6, 6.07) is 0. The summed E-state index contributed by atoms with van der Waals surface area (Å²) in [5.41, 5.74) is -1.12. The number of nitrogens with zero attached hydrogens (tertiary/aromatic N) is 1. The lowest BCUT2D eigenvalue weighted by Gasteiger charge is -2.28. The maximum atomic E-state index is 12.2. The van der Waals surface area contributed by atoms with Crippen LogP contribution in [0, 0.1) is 5.41 Å². The Morgan fingerprint density at radius 2 is 2.00 bits per heavy atom. The number of amides is 1. The SMILES string of the molecule is C=CCCCCC1(C(=O)OC)CCN(C(=O)OC(C)(C)C)C1. The molecular formula is C17H29NO4. The van der Waals surface area contributed by atoms with Crippen molar-refractivity contribution in [2.24, 2.45) is 5.41 Å². The third-order valence-electron chi connectivity index (χ3n) is 3.94. The molecule has 0 spiro atoms. The lowest BCUT2D eigenvalue weighted by molar-refractivity contribution is -0.152. The van der Waals surface area contributed by atoms with E-state index in [1.807, 2.05) is 26.8 Å². The van der Waals surface area contributed by atoms with Crippen molar-refractivity contribution in [3.63, 3.8) is 0 Å². The van der Waals surface area contributed by atoms with Crippen LogP contribution < -0.4 is 0 Å². The molecule has 1 heterocycles. The van der Waals surface area contributed by atoms with Crippen LogP contribution in [0.1, 0.15) is 52.9 Å². The zero-order valence-corrected chi connectivity index (χ0v) is 14.3. The lowest BCUT2D eigenvalue weighted by Crippen LogP contribution is -2.40. The summed E-state index contributed by atoms with van der Waals surface area (Å²) >= 11 is 0. The van der Waals surface area contributed by atoms with Crippen LogP contribution in [0.25, 0.3) is 0 Å². The number of methoxy groups -OCH3 is 1. The Kier molecular flexibility index (Phi) is 6.45. The van der Waals surface area contributed by atoms with Crippen molar-refractivity contribution in [1.82, 2.24) is 4.90 Å². The minimum absolute atomic E-state index is 0.225. The maximum Gasteiger partial charge on any atom is 0.410 e. The number of likely N-dealkylation sites (tertiary alicyclic amines) is 1. The number of hydrogen-bond donors (Lipinski definition) is 0. The van der Waals surface area contributed by atoms with Gasteiger partial charge in [-0.1, -0.05) is 12.5 Å². The lowest BCUT2D eigenvalue weighted by atomic mass is 9.81. The third kappa shape index (κ3) is 5.04. The minimum Gasteiger partial charge on any atom is -0.469 e. The molecule has 1 unspecified atom stereocenters. The van der Waals surface area contributed by atoms with Crippen LogP contribution in [0.2, 0.25) is 0 Å². The molecule has 0 aromatic carbocycles. The van der Waals surface area contributed by atoms with E-state index in [1.165, 1.54) is 7.11 Å². The molecule has 0 N–H and O–H groups in total. The zero-order valence-electron chi connectivity index (χ0n) is 14.3. The van der Waals surface area contributed by atoms with E-state index >= 15 is 0 Å². The van der Waals surface area contributed by atoms with Gasteiger partial charge in [0, 0.05) is 13.1 Å². The monoisotopic (exact) mass is 311 g/mol. The largest absolute Gasteiger partial charge is 0.469 e. The first-order chi connectivity index (χ1) is 10.2. The van der Waals surface area contributed by atoms with Crippen LogP contribution >= 0.6 is 0 Å². The van der Waals surface area contributed by atoms with Gasteiger partial charge in [0.25, 0.3) is 0 Å². The Morgan fingerprint density at radius 3 is 2.55 bits per heavy atom. The molecule has 126 valence electrons. The van der Waals surface area contributed by atoms with Gasteiger partial charge in [0.1, 0.15) is 5.60 Å². The second-order valence-corrected chi connectivity index (χ2v) is 6.96. The Morgan fingerprint density at radius 1 is 1.32 bits per heavy atom. The number of hydrogen-bond acceptors (Lipinski definition) is 4. The van der Waals surface area contributed by atoms with Gasteiger partial charge in [0.15, 0.2) is 0 Å². The molecule has 1 fully saturated rings. The van der Waals surface area contributed by atoms with Crippen molar-refractivity contribution >= 4 is 12.1 Å². The summed E-state index contributed by atoms with van der Waals surface area (Å²) in [6.45, 7) is 10.1. The van der Waals surface area contributed by atoms with E-state index in [1.54, 1.807) is 4.90 Å². The van der Waals surface area contributed by atoms with Crippen LogP contribution in [0.3, 0.4) is 0 Å².